The number of rotatable bonds is 12. The highest BCUT2D eigenvalue weighted by molar-refractivity contribution is 7.99. The van der Waals surface area contributed by atoms with Crippen molar-refractivity contribution >= 4 is 35.6 Å². The molecule has 0 bridgehead atoms. The maximum atomic E-state index is 12.7. The third-order valence-electron chi connectivity index (χ3n) is 4.15. The number of thioether (sulfide) groups is 1. The quantitative estimate of drug-likeness (QED) is 0.173. The van der Waals surface area contributed by atoms with Crippen LogP contribution in [0.15, 0.2) is 60.9 Å². The number of aromatic nitrogens is 1. The molecule has 0 fully saturated rings. The van der Waals surface area contributed by atoms with Crippen LogP contribution in [0, 0.1) is 0 Å². The molecule has 4 N–H and O–H groups in total. The fraction of sp³-hybridized carbons (Fsp3) is 0.273. The smallest absolute Gasteiger partial charge is 0.244 e. The molecule has 31 heavy (non-hydrogen) atoms. The van der Waals surface area contributed by atoms with Crippen LogP contribution in [0.2, 0.25) is 0 Å². The molecule has 8 nitrogen and oxygen atoms in total. The Morgan fingerprint density at radius 1 is 1.13 bits per heavy atom. The number of nitrogens with zero attached hydrogens (tertiary/aromatic N) is 1. The van der Waals surface area contributed by atoms with Crippen molar-refractivity contribution in [2.45, 2.75) is 25.4 Å². The Labute approximate surface area is 185 Å². The molecule has 1 atom stereocenters. The van der Waals surface area contributed by atoms with Crippen molar-refractivity contribution in [2.24, 2.45) is 0 Å². The van der Waals surface area contributed by atoms with Crippen molar-refractivity contribution in [3.63, 3.8) is 0 Å². The summed E-state index contributed by atoms with van der Waals surface area (Å²) >= 11 is 1.45. The van der Waals surface area contributed by atoms with Crippen LogP contribution in [0.5, 0.6) is 0 Å². The zero-order valence-electron chi connectivity index (χ0n) is 17.0. The van der Waals surface area contributed by atoms with Gasteiger partial charge in [-0.1, -0.05) is 36.4 Å². The summed E-state index contributed by atoms with van der Waals surface area (Å²) in [6.07, 6.45) is 7.13. The van der Waals surface area contributed by atoms with Crippen LogP contribution in [-0.4, -0.2) is 45.5 Å². The Bertz CT molecular complexity index is 862. The summed E-state index contributed by atoms with van der Waals surface area (Å²) < 4.78 is 0. The third-order valence-corrected chi connectivity index (χ3v) is 5.30. The second-order valence-electron chi connectivity index (χ2n) is 6.60. The lowest BCUT2D eigenvalue weighted by Gasteiger charge is -2.17. The largest absolute Gasteiger partial charge is 0.350 e. The number of hydrogen-bond donors (Lipinski definition) is 4. The highest BCUT2D eigenvalue weighted by atomic mass is 32.2. The number of amides is 3. The van der Waals surface area contributed by atoms with E-state index in [1.54, 1.807) is 30.0 Å². The Kier molecular flexibility index (Phi) is 10.8. The van der Waals surface area contributed by atoms with Crippen molar-refractivity contribution in [3.05, 3.63) is 72.1 Å². The highest BCUT2D eigenvalue weighted by Gasteiger charge is 2.19. The molecule has 1 heterocycles. The minimum atomic E-state index is -0.735. The van der Waals surface area contributed by atoms with E-state index in [2.05, 4.69) is 15.6 Å². The minimum absolute atomic E-state index is 0.188. The van der Waals surface area contributed by atoms with Crippen LogP contribution < -0.4 is 16.1 Å². The van der Waals surface area contributed by atoms with Crippen molar-refractivity contribution in [2.75, 3.05) is 11.5 Å². The fourth-order valence-corrected chi connectivity index (χ4v) is 3.53. The average Bonchev–Trinajstić information content (AvgIpc) is 2.81. The van der Waals surface area contributed by atoms with Gasteiger partial charge in [0, 0.05) is 37.2 Å². The van der Waals surface area contributed by atoms with E-state index in [4.69, 9.17) is 5.21 Å². The van der Waals surface area contributed by atoms with Gasteiger partial charge in [-0.25, -0.2) is 5.48 Å². The number of carbonyl (C=O) groups is 3. The summed E-state index contributed by atoms with van der Waals surface area (Å²) in [4.78, 5) is 40.1. The van der Waals surface area contributed by atoms with Crippen LogP contribution >= 0.6 is 11.8 Å². The molecule has 0 aliphatic carbocycles. The maximum absolute atomic E-state index is 12.7. The Morgan fingerprint density at radius 2 is 1.94 bits per heavy atom. The van der Waals surface area contributed by atoms with Gasteiger partial charge in [0.25, 0.3) is 0 Å². The van der Waals surface area contributed by atoms with Gasteiger partial charge in [-0.3, -0.25) is 24.6 Å². The molecule has 0 saturated carbocycles. The Balaban J connectivity index is 1.90. The van der Waals surface area contributed by atoms with Crippen LogP contribution in [-0.2, 0) is 20.9 Å². The molecule has 9 heteroatoms. The normalized spacial score (nSPS) is 11.6. The van der Waals surface area contributed by atoms with Crippen LogP contribution in [0.3, 0.4) is 0 Å². The number of benzene rings is 1. The molecule has 164 valence electrons. The highest BCUT2D eigenvalue weighted by Crippen LogP contribution is 2.08. The summed E-state index contributed by atoms with van der Waals surface area (Å²) in [6.45, 7) is 0.306. The predicted octanol–water partition coefficient (Wildman–Crippen LogP) is 1.91. The SMILES string of the molecule is O=C(/C=C/c1ccccc1)N[C@@H](CSCCCC(=O)NO)C(=O)NCc1cccnc1. The van der Waals surface area contributed by atoms with Gasteiger partial charge in [-0.05, 0) is 35.4 Å². The molecule has 2 rings (SSSR count). The van der Waals surface area contributed by atoms with Gasteiger partial charge in [-0.2, -0.15) is 11.8 Å². The van der Waals surface area contributed by atoms with E-state index >= 15 is 0 Å². The lowest BCUT2D eigenvalue weighted by atomic mass is 10.2. The summed E-state index contributed by atoms with van der Waals surface area (Å²) in [5.41, 5.74) is 3.32. The predicted molar refractivity (Wildman–Crippen MR) is 120 cm³/mol. The first-order valence-corrected chi connectivity index (χ1v) is 10.9. The van der Waals surface area contributed by atoms with Crippen LogP contribution in [0.1, 0.15) is 24.0 Å². The van der Waals surface area contributed by atoms with Crippen LogP contribution in [0.25, 0.3) is 6.08 Å². The molecule has 0 radical (unpaired) electrons. The first-order valence-electron chi connectivity index (χ1n) is 9.79. The second kappa shape index (κ2) is 13.9. The van der Waals surface area contributed by atoms with E-state index in [0.717, 1.165) is 11.1 Å². The lowest BCUT2D eigenvalue weighted by Crippen LogP contribution is -2.47. The van der Waals surface area contributed by atoms with Gasteiger partial charge in [0.15, 0.2) is 0 Å². The topological polar surface area (TPSA) is 120 Å². The van der Waals surface area contributed by atoms with E-state index in [1.165, 1.54) is 17.8 Å². The molecule has 2 aromatic rings. The standard InChI is InChI=1S/C22H26N4O4S/c27-20(11-10-17-6-2-1-3-7-17)25-19(16-31-13-5-9-21(28)26-30)22(29)24-15-18-8-4-12-23-14-18/h1-4,6-8,10-12,14,19,30H,5,9,13,15-16H2,(H,24,29)(H,25,27)(H,26,28)/b11-10+/t19-/m0/s1. The molecular weight excluding hydrogens is 416 g/mol. The van der Waals surface area contributed by atoms with E-state index in [9.17, 15) is 14.4 Å². The van der Waals surface area contributed by atoms with Gasteiger partial charge in [0.2, 0.25) is 17.7 Å². The molecule has 1 aromatic heterocycles. The minimum Gasteiger partial charge on any atom is -0.350 e. The van der Waals surface area contributed by atoms with E-state index < -0.39 is 11.9 Å². The van der Waals surface area contributed by atoms with E-state index in [0.29, 0.717) is 24.5 Å². The Morgan fingerprint density at radius 3 is 2.65 bits per heavy atom. The number of pyridine rings is 1. The summed E-state index contributed by atoms with van der Waals surface area (Å²) in [5, 5.41) is 14.1. The first-order chi connectivity index (χ1) is 15.1. The zero-order valence-corrected chi connectivity index (χ0v) is 17.8. The molecular formula is C22H26N4O4S. The van der Waals surface area contributed by atoms with Crippen LogP contribution in [0.4, 0.5) is 0 Å². The molecule has 0 aliphatic heterocycles. The Hall–Kier alpha value is -3.17. The third kappa shape index (κ3) is 9.92. The van der Waals surface area contributed by atoms with E-state index in [1.807, 2.05) is 36.4 Å². The monoisotopic (exact) mass is 442 g/mol. The molecule has 0 saturated heterocycles. The summed E-state index contributed by atoms with van der Waals surface area (Å²) in [6, 6.07) is 12.3. The summed E-state index contributed by atoms with van der Waals surface area (Å²) in [5.74, 6) is -0.165. The average molecular weight is 443 g/mol. The van der Waals surface area contributed by atoms with Gasteiger partial charge >= 0.3 is 0 Å². The number of hydroxylamine groups is 1. The molecule has 0 spiro atoms. The van der Waals surface area contributed by atoms with Crippen molar-refractivity contribution < 1.29 is 19.6 Å². The molecule has 0 aliphatic rings. The van der Waals surface area contributed by atoms with Gasteiger partial charge in [-0.15, -0.1) is 0 Å². The van der Waals surface area contributed by atoms with Gasteiger partial charge < -0.3 is 10.6 Å². The zero-order chi connectivity index (χ0) is 22.3. The first kappa shape index (κ1) is 24.1. The van der Waals surface area contributed by atoms with Crippen molar-refractivity contribution in [3.8, 4) is 0 Å². The summed E-state index contributed by atoms with van der Waals surface area (Å²) in [7, 11) is 0. The fourth-order valence-electron chi connectivity index (χ4n) is 2.55. The second-order valence-corrected chi connectivity index (χ2v) is 7.75. The van der Waals surface area contributed by atoms with Gasteiger partial charge in [0.1, 0.15) is 6.04 Å². The number of nitrogens with one attached hydrogen (secondary N) is 3. The van der Waals surface area contributed by atoms with E-state index in [-0.39, 0.29) is 18.2 Å². The number of hydrogen-bond acceptors (Lipinski definition) is 6. The van der Waals surface area contributed by atoms with Crippen molar-refractivity contribution in [1.82, 2.24) is 21.1 Å². The molecule has 1 aromatic carbocycles. The van der Waals surface area contributed by atoms with Crippen molar-refractivity contribution in [1.29, 1.82) is 0 Å². The number of carbonyl (C=O) groups excluding carboxylic acids is 3. The molecule has 3 amide bonds. The maximum Gasteiger partial charge on any atom is 0.244 e. The lowest BCUT2D eigenvalue weighted by molar-refractivity contribution is -0.129. The van der Waals surface area contributed by atoms with Gasteiger partial charge in [0.05, 0.1) is 0 Å². The molecule has 0 unspecified atom stereocenters.